The Morgan fingerprint density at radius 3 is 2.39 bits per heavy atom. The van der Waals surface area contributed by atoms with Crippen LogP contribution < -0.4 is 10.5 Å². The summed E-state index contributed by atoms with van der Waals surface area (Å²) in [5.41, 5.74) is 11.9. The van der Waals surface area contributed by atoms with Crippen LogP contribution in [0.2, 0.25) is 0 Å². The summed E-state index contributed by atoms with van der Waals surface area (Å²) in [6.07, 6.45) is 0.947. The number of hydrogen-bond donors (Lipinski definition) is 1. The van der Waals surface area contributed by atoms with E-state index in [0.29, 0.717) is 18.7 Å². The minimum Gasteiger partial charge on any atom is -0.489 e. The van der Waals surface area contributed by atoms with Crippen LogP contribution in [0.3, 0.4) is 0 Å². The molecular weight excluding hydrogens is 408 g/mol. The monoisotopic (exact) mass is 434 g/mol. The fourth-order valence-electron chi connectivity index (χ4n) is 4.44. The van der Waals surface area contributed by atoms with E-state index in [0.717, 1.165) is 45.1 Å². The van der Waals surface area contributed by atoms with E-state index in [-0.39, 0.29) is 0 Å². The van der Waals surface area contributed by atoms with Gasteiger partial charge < -0.3 is 15.0 Å². The molecular formula is C29H26N2O2. The molecule has 0 radical (unpaired) electrons. The van der Waals surface area contributed by atoms with Crippen LogP contribution in [0.4, 0.5) is 0 Å². The number of aryl methyl sites for hydroxylation is 1. The standard InChI is InChI=1S/C29H26N2O2/c1-2-20-14-15-24-27(17-20)31(26-13-7-12-25(28(24)26)29(30)32)18-22-10-6-11-23(16-22)33-19-21-8-4-3-5-9-21/h3-17H,2,18-19H2,1H3,(H2,30,32). The topological polar surface area (TPSA) is 57.2 Å². The lowest BCUT2D eigenvalue weighted by Crippen LogP contribution is -2.11. The van der Waals surface area contributed by atoms with Gasteiger partial charge in [-0.2, -0.15) is 0 Å². The minimum atomic E-state index is -0.407. The quantitative estimate of drug-likeness (QED) is 0.337. The fraction of sp³-hybridized carbons (Fsp3) is 0.138. The van der Waals surface area contributed by atoms with Crippen LogP contribution in [0.1, 0.15) is 34.0 Å². The summed E-state index contributed by atoms with van der Waals surface area (Å²) in [7, 11) is 0. The van der Waals surface area contributed by atoms with Gasteiger partial charge in [0.2, 0.25) is 5.91 Å². The molecule has 4 aromatic carbocycles. The zero-order valence-corrected chi connectivity index (χ0v) is 18.6. The average Bonchev–Trinajstić information content (AvgIpc) is 3.16. The summed E-state index contributed by atoms with van der Waals surface area (Å²) in [5, 5.41) is 1.97. The second-order valence-electron chi connectivity index (χ2n) is 8.28. The Hall–Kier alpha value is -4.05. The largest absolute Gasteiger partial charge is 0.489 e. The van der Waals surface area contributed by atoms with Crippen LogP contribution in [0, 0.1) is 0 Å². The average molecular weight is 435 g/mol. The van der Waals surface area contributed by atoms with Crippen LogP contribution in [0.15, 0.2) is 91.0 Å². The maximum atomic E-state index is 12.2. The van der Waals surface area contributed by atoms with E-state index in [4.69, 9.17) is 10.5 Å². The second kappa shape index (κ2) is 8.83. The van der Waals surface area contributed by atoms with Gasteiger partial charge in [0.25, 0.3) is 0 Å². The van der Waals surface area contributed by atoms with Gasteiger partial charge in [0.05, 0.1) is 5.52 Å². The number of primary amides is 1. The van der Waals surface area contributed by atoms with Crippen molar-refractivity contribution in [2.24, 2.45) is 5.73 Å². The van der Waals surface area contributed by atoms with Crippen LogP contribution in [-0.2, 0) is 19.6 Å². The van der Waals surface area contributed by atoms with E-state index < -0.39 is 5.91 Å². The Labute approximate surface area is 193 Å². The smallest absolute Gasteiger partial charge is 0.249 e. The molecule has 33 heavy (non-hydrogen) atoms. The molecule has 0 unspecified atom stereocenters. The van der Waals surface area contributed by atoms with Gasteiger partial charge >= 0.3 is 0 Å². The van der Waals surface area contributed by atoms with Gasteiger partial charge in [0.15, 0.2) is 0 Å². The van der Waals surface area contributed by atoms with E-state index >= 15 is 0 Å². The van der Waals surface area contributed by atoms with Crippen molar-refractivity contribution in [3.8, 4) is 5.75 Å². The molecule has 0 aliphatic rings. The molecule has 4 nitrogen and oxygen atoms in total. The molecule has 164 valence electrons. The van der Waals surface area contributed by atoms with E-state index in [1.54, 1.807) is 6.07 Å². The Morgan fingerprint density at radius 2 is 1.61 bits per heavy atom. The number of ether oxygens (including phenoxy) is 1. The molecule has 2 N–H and O–H groups in total. The zero-order valence-electron chi connectivity index (χ0n) is 18.6. The highest BCUT2D eigenvalue weighted by atomic mass is 16.5. The predicted octanol–water partition coefficient (Wildman–Crippen LogP) is 6.08. The van der Waals surface area contributed by atoms with Gasteiger partial charge in [-0.25, -0.2) is 0 Å². The third-order valence-electron chi connectivity index (χ3n) is 6.12. The number of amides is 1. The van der Waals surface area contributed by atoms with Gasteiger partial charge in [0, 0.05) is 28.4 Å². The lowest BCUT2D eigenvalue weighted by atomic mass is 10.0. The molecule has 1 aromatic heterocycles. The second-order valence-corrected chi connectivity index (χ2v) is 8.28. The Balaban J connectivity index is 1.56. The van der Waals surface area contributed by atoms with E-state index in [9.17, 15) is 4.79 Å². The van der Waals surface area contributed by atoms with E-state index in [1.165, 1.54) is 5.56 Å². The van der Waals surface area contributed by atoms with Gasteiger partial charge in [-0.3, -0.25) is 4.79 Å². The fourth-order valence-corrected chi connectivity index (χ4v) is 4.44. The van der Waals surface area contributed by atoms with Crippen molar-refractivity contribution in [3.05, 3.63) is 113 Å². The molecule has 0 saturated heterocycles. The Morgan fingerprint density at radius 1 is 0.818 bits per heavy atom. The van der Waals surface area contributed by atoms with Crippen molar-refractivity contribution < 1.29 is 9.53 Å². The van der Waals surface area contributed by atoms with Crippen LogP contribution in [0.5, 0.6) is 5.75 Å². The van der Waals surface area contributed by atoms with E-state index in [1.807, 2.05) is 36.4 Å². The first-order valence-electron chi connectivity index (χ1n) is 11.2. The Kier molecular flexibility index (Phi) is 5.57. The van der Waals surface area contributed by atoms with Crippen molar-refractivity contribution in [1.82, 2.24) is 4.57 Å². The molecule has 1 heterocycles. The number of carbonyl (C=O) groups is 1. The maximum Gasteiger partial charge on any atom is 0.249 e. The first kappa shape index (κ1) is 20.8. The van der Waals surface area contributed by atoms with Crippen molar-refractivity contribution in [2.45, 2.75) is 26.5 Å². The molecule has 0 spiro atoms. The van der Waals surface area contributed by atoms with Gasteiger partial charge in [0.1, 0.15) is 12.4 Å². The number of nitrogens with zero attached hydrogens (tertiary/aromatic N) is 1. The molecule has 0 aliphatic carbocycles. The zero-order chi connectivity index (χ0) is 22.8. The third kappa shape index (κ3) is 4.08. The number of nitrogens with two attached hydrogens (primary N) is 1. The SMILES string of the molecule is CCc1ccc2c3c(C(N)=O)cccc3n(Cc3cccc(OCc4ccccc4)c3)c2c1. The Bertz CT molecular complexity index is 1450. The number of benzene rings is 4. The number of aromatic nitrogens is 1. The van der Waals surface area contributed by atoms with E-state index in [2.05, 4.69) is 60.0 Å². The van der Waals surface area contributed by atoms with Crippen LogP contribution >= 0.6 is 0 Å². The van der Waals surface area contributed by atoms with Crippen LogP contribution in [0.25, 0.3) is 21.8 Å². The first-order valence-corrected chi connectivity index (χ1v) is 11.2. The maximum absolute atomic E-state index is 12.2. The summed E-state index contributed by atoms with van der Waals surface area (Å²) >= 11 is 0. The van der Waals surface area contributed by atoms with Gasteiger partial charge in [-0.15, -0.1) is 0 Å². The third-order valence-corrected chi connectivity index (χ3v) is 6.12. The highest BCUT2D eigenvalue weighted by molar-refractivity contribution is 6.18. The summed E-state index contributed by atoms with van der Waals surface area (Å²) < 4.78 is 8.31. The van der Waals surface area contributed by atoms with Crippen molar-refractivity contribution in [3.63, 3.8) is 0 Å². The molecule has 0 saturated carbocycles. The molecule has 0 aliphatic heterocycles. The lowest BCUT2D eigenvalue weighted by Gasteiger charge is -2.11. The van der Waals surface area contributed by atoms with Crippen molar-refractivity contribution >= 4 is 27.7 Å². The lowest BCUT2D eigenvalue weighted by molar-refractivity contribution is 0.100. The van der Waals surface area contributed by atoms with Crippen LogP contribution in [-0.4, -0.2) is 10.5 Å². The summed E-state index contributed by atoms with van der Waals surface area (Å²) in [6.45, 7) is 3.34. The van der Waals surface area contributed by atoms with Crippen molar-refractivity contribution in [2.75, 3.05) is 0 Å². The number of fused-ring (bicyclic) bond motifs is 3. The summed E-state index contributed by atoms with van der Waals surface area (Å²) in [5.74, 6) is 0.430. The molecule has 0 fully saturated rings. The molecule has 0 atom stereocenters. The van der Waals surface area contributed by atoms with Gasteiger partial charge in [-0.1, -0.05) is 67.6 Å². The number of carbonyl (C=O) groups excluding carboxylic acids is 1. The molecule has 0 bridgehead atoms. The molecule has 4 heteroatoms. The minimum absolute atomic E-state index is 0.407. The highest BCUT2D eigenvalue weighted by Gasteiger charge is 2.17. The van der Waals surface area contributed by atoms with Gasteiger partial charge in [-0.05, 0) is 53.4 Å². The van der Waals surface area contributed by atoms with Crippen molar-refractivity contribution in [1.29, 1.82) is 0 Å². The highest BCUT2D eigenvalue weighted by Crippen LogP contribution is 2.33. The summed E-state index contributed by atoms with van der Waals surface area (Å²) in [6, 6.07) is 30.6. The summed E-state index contributed by atoms with van der Waals surface area (Å²) in [4.78, 5) is 12.2. The molecule has 1 amide bonds. The number of rotatable bonds is 7. The predicted molar refractivity (Wildman–Crippen MR) is 134 cm³/mol. The number of hydrogen-bond acceptors (Lipinski definition) is 2. The normalized spacial score (nSPS) is 11.2. The molecule has 5 rings (SSSR count). The molecule has 5 aromatic rings. The first-order chi connectivity index (χ1) is 16.1.